The van der Waals surface area contributed by atoms with Gasteiger partial charge in [-0.25, -0.2) is 4.98 Å². The van der Waals surface area contributed by atoms with Crippen LogP contribution in [0.3, 0.4) is 0 Å². The van der Waals surface area contributed by atoms with Gasteiger partial charge in [-0.05, 0) is 43.7 Å². The van der Waals surface area contributed by atoms with Gasteiger partial charge in [0.2, 0.25) is 0 Å². The van der Waals surface area contributed by atoms with Gasteiger partial charge in [0.05, 0.1) is 5.69 Å². The number of carbonyl (C=O) groups is 1. The summed E-state index contributed by atoms with van der Waals surface area (Å²) in [6.07, 6.45) is 4.65. The highest BCUT2D eigenvalue weighted by atomic mass is 16.5. The topological polar surface area (TPSA) is 64.9 Å². The molecular weight excluding hydrogens is 330 g/mol. The average Bonchev–Trinajstić information content (AvgIpc) is 3.08. The van der Waals surface area contributed by atoms with Crippen molar-refractivity contribution in [3.8, 4) is 5.75 Å². The number of imidazole rings is 1. The summed E-state index contributed by atoms with van der Waals surface area (Å²) in [7, 11) is 1.65. The summed E-state index contributed by atoms with van der Waals surface area (Å²) in [5, 5.41) is 2.96. The molecule has 0 unspecified atom stereocenters. The van der Waals surface area contributed by atoms with Crippen LogP contribution in [-0.2, 0) is 11.3 Å². The van der Waals surface area contributed by atoms with Crippen molar-refractivity contribution in [2.24, 2.45) is 0 Å². The lowest BCUT2D eigenvalue weighted by atomic mass is 10.1. The zero-order chi connectivity index (χ0) is 18.4. The molecule has 0 spiro atoms. The number of hydrogen-bond acceptors (Lipinski definition) is 4. The molecule has 0 fully saturated rings. The van der Waals surface area contributed by atoms with Gasteiger partial charge in [0, 0.05) is 37.7 Å². The number of aromatic nitrogens is 2. The average molecular weight is 353 g/mol. The SMILES string of the molecule is COCC[C@@H](C)NC(=O)c1cccc(OCc2cn3ccccc3n2)c1. The molecule has 0 saturated carbocycles. The van der Waals surface area contributed by atoms with Crippen molar-refractivity contribution in [3.05, 3.63) is 66.1 Å². The van der Waals surface area contributed by atoms with E-state index in [-0.39, 0.29) is 11.9 Å². The van der Waals surface area contributed by atoms with Gasteiger partial charge in [-0.3, -0.25) is 4.79 Å². The number of hydrogen-bond donors (Lipinski definition) is 1. The van der Waals surface area contributed by atoms with E-state index in [1.165, 1.54) is 0 Å². The highest BCUT2D eigenvalue weighted by Crippen LogP contribution is 2.16. The second-order valence-corrected chi connectivity index (χ2v) is 6.17. The molecule has 6 nitrogen and oxygen atoms in total. The Labute approximate surface area is 152 Å². The highest BCUT2D eigenvalue weighted by Gasteiger charge is 2.11. The van der Waals surface area contributed by atoms with Gasteiger partial charge in [0.1, 0.15) is 18.0 Å². The van der Waals surface area contributed by atoms with Crippen LogP contribution in [0, 0.1) is 0 Å². The van der Waals surface area contributed by atoms with E-state index in [0.29, 0.717) is 24.5 Å². The molecule has 0 bridgehead atoms. The first-order chi connectivity index (χ1) is 12.7. The van der Waals surface area contributed by atoms with E-state index in [9.17, 15) is 4.79 Å². The van der Waals surface area contributed by atoms with Crippen LogP contribution in [0.2, 0.25) is 0 Å². The Balaban J connectivity index is 1.60. The Kier molecular flexibility index (Phi) is 5.86. The number of nitrogens with zero attached hydrogens (tertiary/aromatic N) is 2. The number of pyridine rings is 1. The Morgan fingerprint density at radius 1 is 1.27 bits per heavy atom. The minimum atomic E-state index is -0.119. The fourth-order valence-corrected chi connectivity index (χ4v) is 2.62. The van der Waals surface area contributed by atoms with Crippen LogP contribution in [-0.4, -0.2) is 35.1 Å². The van der Waals surface area contributed by atoms with Crippen molar-refractivity contribution < 1.29 is 14.3 Å². The summed E-state index contributed by atoms with van der Waals surface area (Å²) in [5.74, 6) is 0.519. The van der Waals surface area contributed by atoms with E-state index in [1.807, 2.05) is 54.0 Å². The number of amides is 1. The number of benzene rings is 1. The van der Waals surface area contributed by atoms with Crippen LogP contribution in [0.5, 0.6) is 5.75 Å². The third-order valence-electron chi connectivity index (χ3n) is 4.03. The summed E-state index contributed by atoms with van der Waals surface area (Å²) in [4.78, 5) is 16.8. The van der Waals surface area contributed by atoms with Crippen molar-refractivity contribution in [1.29, 1.82) is 0 Å². The zero-order valence-electron chi connectivity index (χ0n) is 15.0. The maximum atomic E-state index is 12.3. The molecule has 1 amide bonds. The maximum Gasteiger partial charge on any atom is 0.251 e. The van der Waals surface area contributed by atoms with Gasteiger partial charge < -0.3 is 19.2 Å². The summed E-state index contributed by atoms with van der Waals surface area (Å²) in [6, 6.07) is 13.1. The lowest BCUT2D eigenvalue weighted by Gasteiger charge is -2.14. The number of nitrogens with one attached hydrogen (secondary N) is 1. The minimum absolute atomic E-state index is 0.0463. The number of ether oxygens (including phenoxy) is 2. The monoisotopic (exact) mass is 353 g/mol. The van der Waals surface area contributed by atoms with Crippen LogP contribution < -0.4 is 10.1 Å². The predicted molar refractivity (Wildman–Crippen MR) is 99.4 cm³/mol. The molecule has 2 aromatic heterocycles. The Morgan fingerprint density at radius 2 is 2.15 bits per heavy atom. The predicted octanol–water partition coefficient (Wildman–Crippen LogP) is 3.07. The third kappa shape index (κ3) is 4.61. The number of fused-ring (bicyclic) bond motifs is 1. The molecule has 0 aliphatic heterocycles. The standard InChI is InChI=1S/C20H23N3O3/c1-15(9-11-25-2)21-20(24)16-6-5-7-18(12-16)26-14-17-13-23-10-4-3-8-19(23)22-17/h3-8,10,12-13,15H,9,11,14H2,1-2H3,(H,21,24)/t15-/m1/s1. The van der Waals surface area contributed by atoms with Gasteiger partial charge >= 0.3 is 0 Å². The molecule has 0 saturated heterocycles. The fourth-order valence-electron chi connectivity index (χ4n) is 2.62. The molecule has 3 aromatic rings. The molecule has 2 heterocycles. The van der Waals surface area contributed by atoms with E-state index in [1.54, 1.807) is 19.2 Å². The van der Waals surface area contributed by atoms with Gasteiger partial charge in [-0.2, -0.15) is 0 Å². The Morgan fingerprint density at radius 3 is 2.96 bits per heavy atom. The number of rotatable bonds is 8. The Hall–Kier alpha value is -2.86. The van der Waals surface area contributed by atoms with Crippen LogP contribution >= 0.6 is 0 Å². The van der Waals surface area contributed by atoms with Crippen LogP contribution in [0.1, 0.15) is 29.4 Å². The smallest absolute Gasteiger partial charge is 0.251 e. The van der Waals surface area contributed by atoms with Crippen LogP contribution in [0.4, 0.5) is 0 Å². The molecule has 0 aliphatic rings. The number of carbonyl (C=O) groups excluding carboxylic acids is 1. The normalized spacial score (nSPS) is 12.1. The van der Waals surface area contributed by atoms with Gasteiger partial charge in [-0.15, -0.1) is 0 Å². The van der Waals surface area contributed by atoms with E-state index in [4.69, 9.17) is 9.47 Å². The molecule has 1 N–H and O–H groups in total. The molecule has 1 atom stereocenters. The zero-order valence-corrected chi connectivity index (χ0v) is 15.0. The summed E-state index contributed by atoms with van der Waals surface area (Å²) >= 11 is 0. The largest absolute Gasteiger partial charge is 0.487 e. The van der Waals surface area contributed by atoms with E-state index < -0.39 is 0 Å². The van der Waals surface area contributed by atoms with Crippen molar-refractivity contribution in [2.45, 2.75) is 26.0 Å². The summed E-state index contributed by atoms with van der Waals surface area (Å²) in [6.45, 7) is 2.92. The van der Waals surface area contributed by atoms with Crippen molar-refractivity contribution in [3.63, 3.8) is 0 Å². The lowest BCUT2D eigenvalue weighted by Crippen LogP contribution is -2.33. The van der Waals surface area contributed by atoms with Crippen molar-refractivity contribution >= 4 is 11.6 Å². The highest BCUT2D eigenvalue weighted by molar-refractivity contribution is 5.94. The molecule has 0 radical (unpaired) electrons. The molecule has 6 heteroatoms. The third-order valence-corrected chi connectivity index (χ3v) is 4.03. The van der Waals surface area contributed by atoms with E-state index >= 15 is 0 Å². The minimum Gasteiger partial charge on any atom is -0.487 e. The van der Waals surface area contributed by atoms with Gasteiger partial charge in [0.15, 0.2) is 0 Å². The first-order valence-electron chi connectivity index (χ1n) is 8.61. The molecule has 3 rings (SSSR count). The van der Waals surface area contributed by atoms with Crippen LogP contribution in [0.15, 0.2) is 54.9 Å². The number of methoxy groups -OCH3 is 1. The molecular formula is C20H23N3O3. The second-order valence-electron chi connectivity index (χ2n) is 6.17. The second kappa shape index (κ2) is 8.49. The van der Waals surface area contributed by atoms with E-state index in [0.717, 1.165) is 17.8 Å². The molecule has 1 aromatic carbocycles. The molecule has 0 aliphatic carbocycles. The Bertz CT molecular complexity index is 842. The van der Waals surface area contributed by atoms with Crippen molar-refractivity contribution in [1.82, 2.24) is 14.7 Å². The first-order valence-corrected chi connectivity index (χ1v) is 8.61. The summed E-state index contributed by atoms with van der Waals surface area (Å²) in [5.41, 5.74) is 2.28. The van der Waals surface area contributed by atoms with Gasteiger partial charge in [-0.1, -0.05) is 12.1 Å². The maximum absolute atomic E-state index is 12.3. The fraction of sp³-hybridized carbons (Fsp3) is 0.300. The quantitative estimate of drug-likeness (QED) is 0.676. The molecule has 26 heavy (non-hydrogen) atoms. The van der Waals surface area contributed by atoms with Gasteiger partial charge in [0.25, 0.3) is 5.91 Å². The lowest BCUT2D eigenvalue weighted by molar-refractivity contribution is 0.0929. The first kappa shape index (κ1) is 17.9. The van der Waals surface area contributed by atoms with Crippen LogP contribution in [0.25, 0.3) is 5.65 Å². The van der Waals surface area contributed by atoms with Crippen molar-refractivity contribution in [2.75, 3.05) is 13.7 Å². The molecule has 136 valence electrons. The summed E-state index contributed by atoms with van der Waals surface area (Å²) < 4.78 is 12.8. The van der Waals surface area contributed by atoms with E-state index in [2.05, 4.69) is 10.3 Å².